The normalized spacial score (nSPS) is 16.4. The van der Waals surface area contributed by atoms with Crippen LogP contribution in [-0.4, -0.2) is 68.9 Å². The Morgan fingerprint density at radius 1 is 1.30 bits per heavy atom. The van der Waals surface area contributed by atoms with Crippen molar-refractivity contribution in [1.29, 1.82) is 0 Å². The predicted molar refractivity (Wildman–Crippen MR) is 115 cm³/mol. The highest BCUT2D eigenvalue weighted by Crippen LogP contribution is 2.32. The van der Waals surface area contributed by atoms with Crippen molar-refractivity contribution >= 4 is 21.7 Å². The van der Waals surface area contributed by atoms with E-state index in [1.807, 2.05) is 0 Å². The highest BCUT2D eigenvalue weighted by Gasteiger charge is 2.58. The first-order valence-corrected chi connectivity index (χ1v) is 11.0. The van der Waals surface area contributed by atoms with Gasteiger partial charge in [-0.2, -0.15) is 0 Å². The lowest BCUT2D eigenvalue weighted by Gasteiger charge is -2.44. The smallest absolute Gasteiger partial charge is 0.331 e. The van der Waals surface area contributed by atoms with Crippen molar-refractivity contribution in [3.63, 3.8) is 0 Å². The molecule has 1 saturated heterocycles. The van der Waals surface area contributed by atoms with E-state index in [9.17, 15) is 18.0 Å². The van der Waals surface area contributed by atoms with E-state index in [1.54, 1.807) is 19.1 Å². The van der Waals surface area contributed by atoms with Gasteiger partial charge in [-0.25, -0.2) is 13.2 Å². The molecule has 2 rings (SSSR count). The van der Waals surface area contributed by atoms with E-state index in [0.717, 1.165) is 7.11 Å². The highest BCUT2D eigenvalue weighted by molar-refractivity contribution is 7.93. The Labute approximate surface area is 178 Å². The van der Waals surface area contributed by atoms with Crippen LogP contribution in [0.25, 0.3) is 0 Å². The summed E-state index contributed by atoms with van der Waals surface area (Å²) < 4.78 is 33.8. The number of sulfone groups is 1. The van der Waals surface area contributed by atoms with Crippen LogP contribution in [0.2, 0.25) is 0 Å². The van der Waals surface area contributed by atoms with Crippen LogP contribution < -0.4 is 5.32 Å². The molecule has 0 aliphatic carbocycles. The molecule has 1 unspecified atom stereocenters. The van der Waals surface area contributed by atoms with Crippen molar-refractivity contribution in [3.8, 4) is 11.8 Å². The van der Waals surface area contributed by atoms with Gasteiger partial charge < -0.3 is 19.9 Å². The minimum atomic E-state index is -3.33. The Hall–Kier alpha value is -2.67. The SMILES string of the molecule is C=C.CCOC1(C(NC(=O)c2ccc(C#CCCO)cc2)C(=O)OC)CS(=O)(=O)C1.[HH]. The molecule has 1 aromatic carbocycles. The second-order valence-electron chi connectivity index (χ2n) is 6.31. The van der Waals surface area contributed by atoms with Crippen molar-refractivity contribution in [2.45, 2.75) is 25.0 Å². The van der Waals surface area contributed by atoms with E-state index in [4.69, 9.17) is 14.6 Å². The summed E-state index contributed by atoms with van der Waals surface area (Å²) in [6, 6.07) is 5.10. The van der Waals surface area contributed by atoms with Gasteiger partial charge in [0, 0.05) is 25.6 Å². The van der Waals surface area contributed by atoms with Gasteiger partial charge in [0.15, 0.2) is 15.9 Å². The molecule has 9 heteroatoms. The molecule has 1 atom stereocenters. The molecule has 30 heavy (non-hydrogen) atoms. The van der Waals surface area contributed by atoms with Crippen molar-refractivity contribution in [1.82, 2.24) is 5.32 Å². The summed E-state index contributed by atoms with van der Waals surface area (Å²) in [7, 11) is -2.17. The van der Waals surface area contributed by atoms with Crippen molar-refractivity contribution in [3.05, 3.63) is 48.6 Å². The number of benzene rings is 1. The molecule has 0 radical (unpaired) electrons. The third kappa shape index (κ3) is 6.42. The number of hydrogen-bond donors (Lipinski definition) is 2. The fraction of sp³-hybridized carbons (Fsp3) is 0.429. The molecule has 1 aliphatic heterocycles. The first-order valence-electron chi connectivity index (χ1n) is 9.20. The quantitative estimate of drug-likeness (QED) is 0.369. The number of carbonyl (C=O) groups excluding carboxylic acids is 2. The summed E-state index contributed by atoms with van der Waals surface area (Å²) in [4.78, 5) is 24.9. The van der Waals surface area contributed by atoms with E-state index in [2.05, 4.69) is 30.3 Å². The van der Waals surface area contributed by atoms with Gasteiger partial charge >= 0.3 is 5.97 Å². The Kier molecular flexibility index (Phi) is 9.72. The molecule has 2 N–H and O–H groups in total. The Morgan fingerprint density at radius 3 is 2.37 bits per heavy atom. The topological polar surface area (TPSA) is 119 Å². The molecular weight excluding hydrogens is 410 g/mol. The third-order valence-corrected chi connectivity index (χ3v) is 6.07. The molecule has 166 valence electrons. The molecule has 1 aliphatic rings. The molecule has 8 nitrogen and oxygen atoms in total. The Balaban J connectivity index is 0.00000291. The van der Waals surface area contributed by atoms with Gasteiger partial charge in [0.2, 0.25) is 0 Å². The number of aliphatic hydroxyl groups is 1. The zero-order valence-corrected chi connectivity index (χ0v) is 18.0. The second-order valence-corrected chi connectivity index (χ2v) is 8.38. The van der Waals surface area contributed by atoms with Crippen molar-refractivity contribution in [2.75, 3.05) is 31.8 Å². The third-order valence-electron chi connectivity index (χ3n) is 4.22. The predicted octanol–water partition coefficient (Wildman–Crippen LogP) is 0.944. The molecule has 1 amide bonds. The van der Waals surface area contributed by atoms with Crippen molar-refractivity contribution < 1.29 is 34.0 Å². The Bertz CT molecular complexity index is 892. The molecule has 1 fully saturated rings. The van der Waals surface area contributed by atoms with Crippen LogP contribution in [0.3, 0.4) is 0 Å². The van der Waals surface area contributed by atoms with Gasteiger partial charge in [-0.3, -0.25) is 4.79 Å². The second kappa shape index (κ2) is 11.5. The zero-order chi connectivity index (χ0) is 22.8. The number of hydrogen-bond acceptors (Lipinski definition) is 7. The van der Waals surface area contributed by atoms with Crippen LogP contribution in [0.4, 0.5) is 0 Å². The fourth-order valence-corrected chi connectivity index (χ4v) is 4.89. The summed E-state index contributed by atoms with van der Waals surface area (Å²) in [5.41, 5.74) is -0.396. The van der Waals surface area contributed by atoms with Crippen LogP contribution in [0, 0.1) is 11.8 Å². The monoisotopic (exact) mass is 439 g/mol. The molecule has 0 aromatic heterocycles. The summed E-state index contributed by atoms with van der Waals surface area (Å²) in [5, 5.41) is 11.3. The largest absolute Gasteiger partial charge is 0.467 e. The lowest BCUT2D eigenvalue weighted by Crippen LogP contribution is -2.70. The number of rotatable bonds is 7. The number of esters is 1. The van der Waals surface area contributed by atoms with Gasteiger partial charge in [0.1, 0.15) is 5.60 Å². The first-order chi connectivity index (χ1) is 14.3. The highest BCUT2D eigenvalue weighted by atomic mass is 32.2. The molecule has 1 aromatic rings. The van der Waals surface area contributed by atoms with E-state index in [0.29, 0.717) is 12.0 Å². The van der Waals surface area contributed by atoms with Crippen LogP contribution in [0.5, 0.6) is 0 Å². The molecular formula is C21H29NO7S. The zero-order valence-electron chi connectivity index (χ0n) is 17.1. The summed E-state index contributed by atoms with van der Waals surface area (Å²) in [6.45, 7) is 7.83. The maximum Gasteiger partial charge on any atom is 0.331 e. The van der Waals surface area contributed by atoms with E-state index in [-0.39, 0.29) is 31.7 Å². The van der Waals surface area contributed by atoms with Crippen LogP contribution in [-0.2, 0) is 24.1 Å². The molecule has 0 saturated carbocycles. The standard InChI is InChI=1S/C19H23NO7S.C2H4.H2/c1-3-27-19(12-28(24,25)13-19)16(18(23)26-2)20-17(22)15-9-7-14(8-10-15)6-4-5-11-21;1-2;/h7-10,16,21H,3,5,11-13H2,1-2H3,(H,20,22);1-2H2;1H. The van der Waals surface area contributed by atoms with Gasteiger partial charge in [-0.05, 0) is 31.2 Å². The number of methoxy groups -OCH3 is 1. The van der Waals surface area contributed by atoms with E-state index < -0.39 is 33.4 Å². The van der Waals surface area contributed by atoms with Crippen LogP contribution >= 0.6 is 0 Å². The molecule has 0 spiro atoms. The van der Waals surface area contributed by atoms with E-state index >= 15 is 0 Å². The summed E-state index contributed by atoms with van der Waals surface area (Å²) >= 11 is 0. The van der Waals surface area contributed by atoms with Crippen LogP contribution in [0.1, 0.15) is 30.7 Å². The first kappa shape index (κ1) is 25.4. The summed E-state index contributed by atoms with van der Waals surface area (Å²) in [5.74, 6) is 3.55. The lowest BCUT2D eigenvalue weighted by molar-refractivity contribution is -0.152. The number of nitrogens with one attached hydrogen (secondary N) is 1. The maximum atomic E-state index is 12.6. The van der Waals surface area contributed by atoms with Crippen LogP contribution in [0.15, 0.2) is 37.4 Å². The molecule has 0 bridgehead atoms. The Morgan fingerprint density at radius 2 is 1.90 bits per heavy atom. The minimum Gasteiger partial charge on any atom is -0.467 e. The van der Waals surface area contributed by atoms with Gasteiger partial charge in [-0.1, -0.05) is 11.8 Å². The fourth-order valence-electron chi connectivity index (χ4n) is 2.99. The lowest BCUT2D eigenvalue weighted by atomic mass is 9.96. The summed E-state index contributed by atoms with van der Waals surface area (Å²) in [6.07, 6.45) is 0.353. The number of ether oxygens (including phenoxy) is 2. The van der Waals surface area contributed by atoms with Gasteiger partial charge in [-0.15, -0.1) is 13.2 Å². The van der Waals surface area contributed by atoms with E-state index in [1.165, 1.54) is 12.1 Å². The number of amides is 1. The van der Waals surface area contributed by atoms with Crippen molar-refractivity contribution in [2.24, 2.45) is 0 Å². The maximum absolute atomic E-state index is 12.6. The average molecular weight is 440 g/mol. The van der Waals surface area contributed by atoms with Gasteiger partial charge in [0.05, 0.1) is 25.2 Å². The number of carbonyl (C=O) groups is 2. The average Bonchev–Trinajstić information content (AvgIpc) is 2.72. The number of aliphatic hydroxyl groups excluding tert-OH is 1. The molecule has 1 heterocycles. The minimum absolute atomic E-state index is 0. The van der Waals surface area contributed by atoms with Gasteiger partial charge in [0.25, 0.3) is 5.91 Å².